The third-order valence-corrected chi connectivity index (χ3v) is 7.31. The van der Waals surface area contributed by atoms with Crippen LogP contribution in [0, 0.1) is 17.6 Å². The predicted molar refractivity (Wildman–Crippen MR) is 149 cm³/mol. The Balaban J connectivity index is 1.90. The number of nitrogens with zero attached hydrogens (tertiary/aromatic N) is 3. The zero-order valence-corrected chi connectivity index (χ0v) is 23.6. The number of rotatable bonds is 10. The van der Waals surface area contributed by atoms with Crippen molar-refractivity contribution in [2.45, 2.75) is 58.1 Å². The number of halogens is 3. The number of ether oxygens (including phenoxy) is 1. The van der Waals surface area contributed by atoms with Gasteiger partial charge in [-0.2, -0.15) is 0 Å². The highest BCUT2D eigenvalue weighted by molar-refractivity contribution is 5.75. The van der Waals surface area contributed by atoms with E-state index in [-0.39, 0.29) is 30.4 Å². The van der Waals surface area contributed by atoms with Crippen molar-refractivity contribution in [1.29, 1.82) is 0 Å². The molecule has 7 nitrogen and oxygen atoms in total. The van der Waals surface area contributed by atoms with E-state index in [0.29, 0.717) is 18.9 Å². The monoisotopic (exact) mass is 557 g/mol. The summed E-state index contributed by atoms with van der Waals surface area (Å²) in [6.45, 7) is 8.46. The number of benzene rings is 2. The molecule has 1 aliphatic heterocycles. The molecule has 0 saturated carbocycles. The van der Waals surface area contributed by atoms with Crippen molar-refractivity contribution in [2.24, 2.45) is 5.92 Å². The number of imidazole rings is 1. The minimum Gasteiger partial charge on any atom is -0.376 e. The standard InChI is InChI=1S/C30H38F3N5O2/c1-19(2)35-29(39)38(17-21-14-34-15-25(21)33)27(30(3,4)40-5)28-36-26(23-13-22(31)11-12-24(23)32)18-37(28)16-20-9-7-6-8-10-20/h6-13,18-19,21,25,27,34H,14-17H2,1-5H3,(H,35,39)/t21-,25-,27-/m0/s1. The highest BCUT2D eigenvalue weighted by Gasteiger charge is 2.44. The Labute approximate surface area is 233 Å². The van der Waals surface area contributed by atoms with Crippen molar-refractivity contribution in [2.75, 3.05) is 26.7 Å². The fraction of sp³-hybridized carbons (Fsp3) is 0.467. The van der Waals surface area contributed by atoms with Crippen LogP contribution in [0.15, 0.2) is 54.7 Å². The first kappa shape index (κ1) is 29.6. The Morgan fingerprint density at radius 2 is 1.93 bits per heavy atom. The fourth-order valence-corrected chi connectivity index (χ4v) is 5.08. The Morgan fingerprint density at radius 1 is 1.20 bits per heavy atom. The Kier molecular flexibility index (Phi) is 9.20. The number of aromatic nitrogens is 2. The minimum absolute atomic E-state index is 0.00373. The second kappa shape index (κ2) is 12.4. The number of hydrogen-bond donors (Lipinski definition) is 2. The molecule has 0 aliphatic carbocycles. The van der Waals surface area contributed by atoms with E-state index in [1.165, 1.54) is 7.11 Å². The first-order valence-electron chi connectivity index (χ1n) is 13.5. The molecular formula is C30H38F3N5O2. The number of carbonyl (C=O) groups excluding carboxylic acids is 1. The molecule has 1 aliphatic rings. The quantitative estimate of drug-likeness (QED) is 0.354. The first-order valence-corrected chi connectivity index (χ1v) is 13.5. The van der Waals surface area contributed by atoms with Gasteiger partial charge in [0.2, 0.25) is 0 Å². The van der Waals surface area contributed by atoms with Gasteiger partial charge in [-0.1, -0.05) is 30.3 Å². The predicted octanol–water partition coefficient (Wildman–Crippen LogP) is 5.32. The number of hydrogen-bond acceptors (Lipinski definition) is 4. The van der Waals surface area contributed by atoms with Gasteiger partial charge < -0.3 is 24.8 Å². The van der Waals surface area contributed by atoms with Crippen molar-refractivity contribution in [3.8, 4) is 11.3 Å². The molecular weight excluding hydrogens is 519 g/mol. The molecule has 1 aromatic heterocycles. The maximum absolute atomic E-state index is 14.9. The van der Waals surface area contributed by atoms with Gasteiger partial charge in [-0.25, -0.2) is 22.9 Å². The average Bonchev–Trinajstić information content (AvgIpc) is 3.50. The van der Waals surface area contributed by atoms with Gasteiger partial charge in [0.15, 0.2) is 0 Å². The summed E-state index contributed by atoms with van der Waals surface area (Å²) in [5.74, 6) is -1.24. The molecule has 2 heterocycles. The second-order valence-electron chi connectivity index (χ2n) is 11.1. The summed E-state index contributed by atoms with van der Waals surface area (Å²) in [4.78, 5) is 20.1. The normalized spacial score (nSPS) is 18.2. The van der Waals surface area contributed by atoms with Gasteiger partial charge >= 0.3 is 6.03 Å². The van der Waals surface area contributed by atoms with E-state index >= 15 is 0 Å². The number of nitrogens with one attached hydrogen (secondary N) is 2. The summed E-state index contributed by atoms with van der Waals surface area (Å²) < 4.78 is 51.7. The van der Waals surface area contributed by atoms with E-state index in [2.05, 4.69) is 10.6 Å². The smallest absolute Gasteiger partial charge is 0.318 e. The van der Waals surface area contributed by atoms with Crippen molar-refractivity contribution in [3.63, 3.8) is 0 Å². The molecule has 2 amide bonds. The molecule has 2 aromatic carbocycles. The van der Waals surface area contributed by atoms with E-state index in [4.69, 9.17) is 9.72 Å². The van der Waals surface area contributed by atoms with Gasteiger partial charge in [-0.3, -0.25) is 0 Å². The third-order valence-electron chi connectivity index (χ3n) is 7.31. The van der Waals surface area contributed by atoms with Gasteiger partial charge in [-0.15, -0.1) is 0 Å². The van der Waals surface area contributed by atoms with Crippen LogP contribution in [-0.2, 0) is 11.3 Å². The van der Waals surface area contributed by atoms with Crippen molar-refractivity contribution in [1.82, 2.24) is 25.1 Å². The lowest BCUT2D eigenvalue weighted by Gasteiger charge is -2.42. The van der Waals surface area contributed by atoms with Crippen LogP contribution >= 0.6 is 0 Å². The Bertz CT molecular complexity index is 1300. The fourth-order valence-electron chi connectivity index (χ4n) is 5.08. The van der Waals surface area contributed by atoms with Gasteiger partial charge in [0.05, 0.1) is 11.3 Å². The molecule has 40 heavy (non-hydrogen) atoms. The molecule has 4 rings (SSSR count). The zero-order chi connectivity index (χ0) is 29.0. The van der Waals surface area contributed by atoms with Gasteiger partial charge in [-0.05, 0) is 51.5 Å². The second-order valence-corrected chi connectivity index (χ2v) is 11.1. The molecule has 216 valence electrons. The molecule has 3 atom stereocenters. The first-order chi connectivity index (χ1) is 19.0. The van der Waals surface area contributed by atoms with E-state index in [1.807, 2.05) is 62.6 Å². The molecule has 1 fully saturated rings. The maximum atomic E-state index is 14.9. The molecule has 0 spiro atoms. The summed E-state index contributed by atoms with van der Waals surface area (Å²) in [6.07, 6.45) is 0.536. The van der Waals surface area contributed by atoms with Crippen LogP contribution < -0.4 is 10.6 Å². The molecule has 2 N–H and O–H groups in total. The zero-order valence-electron chi connectivity index (χ0n) is 23.6. The lowest BCUT2D eigenvalue weighted by atomic mass is 9.94. The minimum atomic E-state index is -1.12. The summed E-state index contributed by atoms with van der Waals surface area (Å²) in [5.41, 5.74) is 0.173. The highest BCUT2D eigenvalue weighted by Crippen LogP contribution is 2.37. The van der Waals surface area contributed by atoms with Crippen LogP contribution in [0.5, 0.6) is 0 Å². The topological polar surface area (TPSA) is 71.4 Å². The molecule has 0 radical (unpaired) electrons. The van der Waals surface area contributed by atoms with Crippen LogP contribution in [0.25, 0.3) is 11.3 Å². The van der Waals surface area contributed by atoms with E-state index in [9.17, 15) is 18.0 Å². The largest absolute Gasteiger partial charge is 0.376 e. The van der Waals surface area contributed by atoms with Crippen LogP contribution in [0.2, 0.25) is 0 Å². The summed E-state index contributed by atoms with van der Waals surface area (Å²) in [6, 6.07) is 11.5. The van der Waals surface area contributed by atoms with Crippen LogP contribution in [0.1, 0.15) is 45.1 Å². The summed E-state index contributed by atoms with van der Waals surface area (Å²) >= 11 is 0. The molecule has 0 unspecified atom stereocenters. The average molecular weight is 558 g/mol. The number of urea groups is 1. The Hall–Kier alpha value is -3.37. The van der Waals surface area contributed by atoms with Crippen molar-refractivity contribution < 1.29 is 22.7 Å². The molecule has 1 saturated heterocycles. The Morgan fingerprint density at radius 3 is 2.55 bits per heavy atom. The summed E-state index contributed by atoms with van der Waals surface area (Å²) in [7, 11) is 1.54. The van der Waals surface area contributed by atoms with Crippen LogP contribution in [-0.4, -0.2) is 65.0 Å². The van der Waals surface area contributed by atoms with Crippen LogP contribution in [0.3, 0.4) is 0 Å². The number of methoxy groups -OCH3 is 1. The summed E-state index contributed by atoms with van der Waals surface area (Å²) in [5, 5.41) is 6.00. The van der Waals surface area contributed by atoms with E-state index in [1.54, 1.807) is 11.1 Å². The number of carbonyl (C=O) groups is 1. The highest BCUT2D eigenvalue weighted by atomic mass is 19.1. The van der Waals surface area contributed by atoms with Crippen LogP contribution in [0.4, 0.5) is 18.0 Å². The lowest BCUT2D eigenvalue weighted by Crippen LogP contribution is -2.54. The van der Waals surface area contributed by atoms with Gasteiger partial charge in [0.1, 0.15) is 29.7 Å². The number of alkyl halides is 1. The van der Waals surface area contributed by atoms with Gasteiger partial charge in [0.25, 0.3) is 0 Å². The molecule has 0 bridgehead atoms. The molecule has 3 aromatic rings. The number of amides is 2. The SMILES string of the molecule is COC(C)(C)[C@H](c1nc(-c2cc(F)ccc2F)cn1Cc1ccccc1)N(C[C@@H]1CNC[C@@H]1F)C(=O)NC(C)C. The van der Waals surface area contributed by atoms with Crippen molar-refractivity contribution >= 4 is 6.03 Å². The lowest BCUT2D eigenvalue weighted by molar-refractivity contribution is -0.0509. The van der Waals surface area contributed by atoms with Gasteiger partial charge in [0, 0.05) is 57.0 Å². The third kappa shape index (κ3) is 6.67. The van der Waals surface area contributed by atoms with E-state index < -0.39 is 41.4 Å². The van der Waals surface area contributed by atoms with E-state index in [0.717, 1.165) is 23.8 Å². The molecule has 10 heteroatoms. The maximum Gasteiger partial charge on any atom is 0.318 e. The van der Waals surface area contributed by atoms with Crippen molar-refractivity contribution in [3.05, 3.63) is 77.8 Å².